The molecule has 16 heteroatoms. The quantitative estimate of drug-likeness (QED) is 0.0993. The largest absolute Gasteiger partial charge is 0.481 e. The molecule has 192 valence electrons. The Morgan fingerprint density at radius 2 is 1.18 bits per heavy atom. The lowest BCUT2D eigenvalue weighted by molar-refractivity contribution is -0.145. The van der Waals surface area contributed by atoms with Gasteiger partial charge in [0.15, 0.2) is 6.04 Å². The molecule has 0 fully saturated rings. The molecular weight excluding hydrogens is 462 g/mol. The zero-order valence-electron chi connectivity index (χ0n) is 18.2. The van der Waals surface area contributed by atoms with E-state index >= 15 is 0 Å². The summed E-state index contributed by atoms with van der Waals surface area (Å²) in [6.07, 6.45) is -4.29. The summed E-state index contributed by atoms with van der Waals surface area (Å²) in [6.45, 7) is 1.08. The van der Waals surface area contributed by atoms with E-state index in [-0.39, 0.29) is 0 Å². The fourth-order valence-electron chi connectivity index (χ4n) is 2.58. The van der Waals surface area contributed by atoms with Crippen LogP contribution in [-0.4, -0.2) is 92.2 Å². The number of amides is 4. The van der Waals surface area contributed by atoms with Crippen molar-refractivity contribution >= 4 is 41.5 Å². The summed E-state index contributed by atoms with van der Waals surface area (Å²) in [6, 6.07) is -6.40. The highest BCUT2D eigenvalue weighted by atomic mass is 16.4. The van der Waals surface area contributed by atoms with Gasteiger partial charge in [0.1, 0.15) is 12.1 Å². The van der Waals surface area contributed by atoms with Crippen LogP contribution in [0.5, 0.6) is 0 Å². The fourth-order valence-corrected chi connectivity index (χ4v) is 2.58. The number of carboxylic acids is 3. The smallest absolute Gasteiger partial charge is 0.328 e. The molecule has 0 aliphatic rings. The van der Waals surface area contributed by atoms with Crippen molar-refractivity contribution in [2.45, 2.75) is 69.3 Å². The summed E-state index contributed by atoms with van der Waals surface area (Å²) in [4.78, 5) is 81.3. The summed E-state index contributed by atoms with van der Waals surface area (Å²) in [5.74, 6) is -8.43. The number of nitrogens with two attached hydrogens (primary N) is 2. The molecule has 0 aromatic rings. The van der Waals surface area contributed by atoms with Gasteiger partial charge in [0.25, 0.3) is 0 Å². The third-order valence-electron chi connectivity index (χ3n) is 4.36. The second-order valence-electron chi connectivity index (χ2n) is 7.33. The Bertz CT molecular complexity index is 801. The minimum Gasteiger partial charge on any atom is -0.481 e. The second-order valence-corrected chi connectivity index (χ2v) is 7.33. The normalized spacial score (nSPS) is 15.0. The van der Waals surface area contributed by atoms with Crippen molar-refractivity contribution in [1.82, 2.24) is 16.0 Å². The van der Waals surface area contributed by atoms with Gasteiger partial charge >= 0.3 is 17.9 Å². The molecule has 0 aromatic heterocycles. The zero-order valence-corrected chi connectivity index (χ0v) is 18.2. The van der Waals surface area contributed by atoms with Gasteiger partial charge in [-0.1, -0.05) is 0 Å². The molecular formula is C18H29N5O11. The average Bonchev–Trinajstić information content (AvgIpc) is 2.70. The molecule has 0 saturated heterocycles. The van der Waals surface area contributed by atoms with E-state index in [0.29, 0.717) is 0 Å². The van der Waals surface area contributed by atoms with Crippen LogP contribution < -0.4 is 27.4 Å². The van der Waals surface area contributed by atoms with E-state index in [0.717, 1.165) is 6.92 Å². The molecule has 0 bridgehead atoms. The van der Waals surface area contributed by atoms with E-state index in [9.17, 15) is 38.7 Å². The number of carboxylic acid groups (broad SMARTS) is 3. The molecule has 0 rings (SSSR count). The number of rotatable bonds is 16. The van der Waals surface area contributed by atoms with E-state index in [4.69, 9.17) is 26.8 Å². The number of aliphatic hydroxyl groups is 1. The fraction of sp³-hybridized carbons (Fsp3) is 0.611. The molecule has 5 unspecified atom stereocenters. The van der Waals surface area contributed by atoms with E-state index in [1.54, 1.807) is 0 Å². The van der Waals surface area contributed by atoms with Gasteiger partial charge in [-0.2, -0.15) is 0 Å². The van der Waals surface area contributed by atoms with Crippen LogP contribution >= 0.6 is 0 Å². The zero-order chi connectivity index (χ0) is 26.6. The Morgan fingerprint density at radius 3 is 1.53 bits per heavy atom. The van der Waals surface area contributed by atoms with Crippen molar-refractivity contribution in [3.05, 3.63) is 0 Å². The number of nitrogens with one attached hydrogen (secondary N) is 3. The van der Waals surface area contributed by atoms with E-state index in [1.807, 2.05) is 5.32 Å². The molecule has 0 aromatic carbocycles. The van der Waals surface area contributed by atoms with Crippen molar-refractivity contribution in [3.8, 4) is 0 Å². The van der Waals surface area contributed by atoms with Crippen LogP contribution in [0.15, 0.2) is 0 Å². The molecule has 0 spiro atoms. The van der Waals surface area contributed by atoms with Crippen molar-refractivity contribution < 1.29 is 54.0 Å². The van der Waals surface area contributed by atoms with Gasteiger partial charge in [0.2, 0.25) is 23.6 Å². The Morgan fingerprint density at radius 1 is 0.765 bits per heavy atom. The van der Waals surface area contributed by atoms with E-state index in [1.165, 1.54) is 0 Å². The van der Waals surface area contributed by atoms with Crippen LogP contribution in [0, 0.1) is 0 Å². The first-order valence-electron chi connectivity index (χ1n) is 9.95. The lowest BCUT2D eigenvalue weighted by Crippen LogP contribution is -2.58. The highest BCUT2D eigenvalue weighted by Crippen LogP contribution is 2.05. The predicted octanol–water partition coefficient (Wildman–Crippen LogP) is -4.16. The van der Waals surface area contributed by atoms with Gasteiger partial charge in [-0.05, 0) is 19.8 Å². The number of carbonyl (C=O) groups is 7. The highest BCUT2D eigenvalue weighted by Gasteiger charge is 2.32. The van der Waals surface area contributed by atoms with Crippen LogP contribution in [0.3, 0.4) is 0 Å². The van der Waals surface area contributed by atoms with Gasteiger partial charge < -0.3 is 47.8 Å². The number of aliphatic carboxylic acids is 3. The lowest BCUT2D eigenvalue weighted by atomic mass is 10.1. The van der Waals surface area contributed by atoms with Crippen LogP contribution in [0.25, 0.3) is 0 Å². The van der Waals surface area contributed by atoms with Crippen molar-refractivity contribution in [1.29, 1.82) is 0 Å². The summed E-state index contributed by atoms with van der Waals surface area (Å²) in [7, 11) is 0. The van der Waals surface area contributed by atoms with Gasteiger partial charge in [0, 0.05) is 12.8 Å². The first-order chi connectivity index (χ1) is 15.6. The molecule has 0 heterocycles. The second kappa shape index (κ2) is 14.4. The maximum Gasteiger partial charge on any atom is 0.328 e. The molecule has 11 N–H and O–H groups in total. The van der Waals surface area contributed by atoms with E-state index < -0.39 is 104 Å². The van der Waals surface area contributed by atoms with Crippen LogP contribution in [-0.2, 0) is 33.6 Å². The van der Waals surface area contributed by atoms with Crippen LogP contribution in [0.1, 0.15) is 39.0 Å². The first-order valence-corrected chi connectivity index (χ1v) is 9.95. The van der Waals surface area contributed by atoms with Gasteiger partial charge in [-0.3, -0.25) is 28.8 Å². The van der Waals surface area contributed by atoms with Gasteiger partial charge in [-0.25, -0.2) is 4.79 Å². The number of primary amides is 1. The molecule has 34 heavy (non-hydrogen) atoms. The monoisotopic (exact) mass is 491 g/mol. The van der Waals surface area contributed by atoms with Crippen molar-refractivity contribution in [2.24, 2.45) is 11.5 Å². The van der Waals surface area contributed by atoms with Gasteiger partial charge in [-0.15, -0.1) is 0 Å². The molecule has 4 amide bonds. The molecule has 16 nitrogen and oxygen atoms in total. The number of hydrogen-bond donors (Lipinski definition) is 9. The maximum absolute atomic E-state index is 12.7. The summed E-state index contributed by atoms with van der Waals surface area (Å²) in [5, 5.41) is 42.6. The molecule has 0 radical (unpaired) electrons. The number of aliphatic hydroxyl groups excluding tert-OH is 1. The predicted molar refractivity (Wildman–Crippen MR) is 111 cm³/mol. The molecule has 5 atom stereocenters. The van der Waals surface area contributed by atoms with Crippen molar-refractivity contribution in [2.75, 3.05) is 0 Å². The van der Waals surface area contributed by atoms with E-state index in [2.05, 4.69) is 10.6 Å². The Hall–Kier alpha value is -3.79. The standard InChI is InChI=1S/C18H29N5O11/c1-7(24)14(18(33)34)23-17(32)10(3-5-13(28)29)22-16(31)9(2-4-12(26)27)21-15(30)8(19)6-11(20)25/h7-10,14,24H,2-6,19H2,1H3,(H2,20,25)(H,21,30)(H,22,31)(H,23,32)(H,26,27)(H,28,29)(H,33,34). The SMILES string of the molecule is CC(O)C(NC(=O)C(CCC(=O)O)NC(=O)C(CCC(=O)O)NC(=O)C(N)CC(N)=O)C(=O)O. The van der Waals surface area contributed by atoms with Crippen LogP contribution in [0.4, 0.5) is 0 Å². The maximum atomic E-state index is 12.7. The topological polar surface area (TPSA) is 289 Å². The molecule has 0 saturated carbocycles. The number of carbonyl (C=O) groups excluding carboxylic acids is 4. The minimum atomic E-state index is -1.77. The Kier molecular flexibility index (Phi) is 12.8. The summed E-state index contributed by atoms with van der Waals surface area (Å²) >= 11 is 0. The van der Waals surface area contributed by atoms with Gasteiger partial charge in [0.05, 0.1) is 18.6 Å². The van der Waals surface area contributed by atoms with Crippen LogP contribution in [0.2, 0.25) is 0 Å². The van der Waals surface area contributed by atoms with Crippen molar-refractivity contribution in [3.63, 3.8) is 0 Å². The highest BCUT2D eigenvalue weighted by molar-refractivity contribution is 5.95. The molecule has 0 aliphatic carbocycles. The molecule has 0 aliphatic heterocycles. The third-order valence-corrected chi connectivity index (χ3v) is 4.36. The minimum absolute atomic E-state index is 0.463. The Balaban J connectivity index is 5.64. The average molecular weight is 491 g/mol. The summed E-state index contributed by atoms with van der Waals surface area (Å²) < 4.78 is 0. The Labute approximate surface area is 193 Å². The third kappa shape index (κ3) is 11.7. The summed E-state index contributed by atoms with van der Waals surface area (Å²) in [5.41, 5.74) is 10.4. The lowest BCUT2D eigenvalue weighted by Gasteiger charge is -2.25. The first kappa shape index (κ1) is 30.2. The number of hydrogen-bond acceptors (Lipinski definition) is 9.